The lowest BCUT2D eigenvalue weighted by Gasteiger charge is -2.14. The molecule has 0 amide bonds. The number of aromatic nitrogens is 4. The van der Waals surface area contributed by atoms with Crippen molar-refractivity contribution in [3.63, 3.8) is 0 Å². The van der Waals surface area contributed by atoms with Crippen molar-refractivity contribution < 1.29 is 26.3 Å². The van der Waals surface area contributed by atoms with Gasteiger partial charge in [0.25, 0.3) is 0 Å². The fraction of sp³-hybridized carbons (Fsp3) is 0.263. The molecule has 2 N–H and O–H groups in total. The average Bonchev–Trinajstić information content (AvgIpc) is 2.66. The first kappa shape index (κ1) is 22.2. The maximum atomic E-state index is 13.0. The van der Waals surface area contributed by atoms with Crippen LogP contribution < -0.4 is 10.6 Å². The molecule has 0 fully saturated rings. The molecular weight excluding hydrogens is 426 g/mol. The summed E-state index contributed by atoms with van der Waals surface area (Å²) in [5.74, 6) is -0.0222. The molecule has 0 aliphatic carbocycles. The number of pyridine rings is 2. The number of rotatable bonds is 5. The van der Waals surface area contributed by atoms with E-state index in [1.54, 1.807) is 0 Å². The zero-order chi connectivity index (χ0) is 22.8. The monoisotopic (exact) mass is 442 g/mol. The predicted molar refractivity (Wildman–Crippen MR) is 102 cm³/mol. The van der Waals surface area contributed by atoms with Gasteiger partial charge in [-0.25, -0.2) is 19.9 Å². The SMILES string of the molecule is CC(C)Nc1cc(Nc2cc(C(F)(F)F)ccn2)nc(-c2cccc(C(F)(F)F)n2)n1. The molecule has 3 aromatic heterocycles. The first-order chi connectivity index (χ1) is 14.4. The van der Waals surface area contributed by atoms with Gasteiger partial charge in [0, 0.05) is 18.3 Å². The van der Waals surface area contributed by atoms with Gasteiger partial charge in [-0.1, -0.05) is 6.07 Å². The van der Waals surface area contributed by atoms with Gasteiger partial charge < -0.3 is 10.6 Å². The number of hydrogen-bond acceptors (Lipinski definition) is 6. The van der Waals surface area contributed by atoms with Gasteiger partial charge in [0.2, 0.25) is 0 Å². The highest BCUT2D eigenvalue weighted by atomic mass is 19.4. The molecular formula is C19H16F6N6. The molecule has 3 heterocycles. The van der Waals surface area contributed by atoms with Gasteiger partial charge in [-0.05, 0) is 38.1 Å². The molecule has 0 atom stereocenters. The average molecular weight is 442 g/mol. The Kier molecular flexibility index (Phi) is 6.00. The molecule has 12 heteroatoms. The second kappa shape index (κ2) is 8.36. The zero-order valence-electron chi connectivity index (χ0n) is 16.2. The van der Waals surface area contributed by atoms with Crippen LogP contribution >= 0.6 is 0 Å². The minimum Gasteiger partial charge on any atom is -0.368 e. The van der Waals surface area contributed by atoms with Crippen LogP contribution in [0, 0.1) is 0 Å². The summed E-state index contributed by atoms with van der Waals surface area (Å²) in [4.78, 5) is 15.7. The first-order valence-corrected chi connectivity index (χ1v) is 8.92. The predicted octanol–water partition coefficient (Wildman–Crippen LogP) is 5.54. The smallest absolute Gasteiger partial charge is 0.368 e. The summed E-state index contributed by atoms with van der Waals surface area (Å²) in [6, 6.07) is 6.20. The molecule has 164 valence electrons. The van der Waals surface area contributed by atoms with Gasteiger partial charge in [-0.2, -0.15) is 26.3 Å². The van der Waals surface area contributed by atoms with Gasteiger partial charge in [-0.3, -0.25) is 0 Å². The Morgan fingerprint density at radius 1 is 0.806 bits per heavy atom. The van der Waals surface area contributed by atoms with Crippen LogP contribution in [0.1, 0.15) is 25.1 Å². The maximum Gasteiger partial charge on any atom is 0.433 e. The zero-order valence-corrected chi connectivity index (χ0v) is 16.2. The molecule has 31 heavy (non-hydrogen) atoms. The molecule has 0 saturated heterocycles. The topological polar surface area (TPSA) is 75.6 Å². The second-order valence-corrected chi connectivity index (χ2v) is 6.72. The summed E-state index contributed by atoms with van der Waals surface area (Å²) in [6.45, 7) is 3.62. The molecule has 0 unspecified atom stereocenters. The number of alkyl halides is 6. The van der Waals surface area contributed by atoms with Gasteiger partial charge in [0.15, 0.2) is 5.82 Å². The summed E-state index contributed by atoms with van der Waals surface area (Å²) in [6.07, 6.45) is -8.25. The lowest BCUT2D eigenvalue weighted by Crippen LogP contribution is -2.13. The van der Waals surface area contributed by atoms with Gasteiger partial charge in [0.1, 0.15) is 28.8 Å². The van der Waals surface area contributed by atoms with E-state index in [2.05, 4.69) is 30.6 Å². The number of nitrogens with zero attached hydrogens (tertiary/aromatic N) is 4. The molecule has 0 bridgehead atoms. The third-order valence-electron chi connectivity index (χ3n) is 3.77. The van der Waals surface area contributed by atoms with E-state index in [9.17, 15) is 26.3 Å². The van der Waals surface area contributed by atoms with Crippen molar-refractivity contribution in [1.82, 2.24) is 19.9 Å². The van der Waals surface area contributed by atoms with Crippen LogP contribution in [0.3, 0.4) is 0 Å². The fourth-order valence-electron chi connectivity index (χ4n) is 2.52. The highest BCUT2D eigenvalue weighted by molar-refractivity contribution is 5.62. The van der Waals surface area contributed by atoms with Crippen molar-refractivity contribution in [3.8, 4) is 11.5 Å². The highest BCUT2D eigenvalue weighted by Crippen LogP contribution is 2.31. The summed E-state index contributed by atoms with van der Waals surface area (Å²) in [5, 5.41) is 5.61. The molecule has 0 aliphatic heterocycles. The van der Waals surface area contributed by atoms with E-state index in [0.717, 1.165) is 24.4 Å². The van der Waals surface area contributed by atoms with Crippen molar-refractivity contribution in [1.29, 1.82) is 0 Å². The Balaban J connectivity index is 2.02. The first-order valence-electron chi connectivity index (χ1n) is 8.92. The van der Waals surface area contributed by atoms with Crippen molar-refractivity contribution in [3.05, 3.63) is 53.9 Å². The number of hydrogen-bond donors (Lipinski definition) is 2. The summed E-state index contributed by atoms with van der Waals surface area (Å²) < 4.78 is 77.9. The largest absolute Gasteiger partial charge is 0.433 e. The van der Waals surface area contributed by atoms with Crippen LogP contribution in [0.5, 0.6) is 0 Å². The molecule has 0 saturated carbocycles. The van der Waals surface area contributed by atoms with Crippen LogP contribution in [0.25, 0.3) is 11.5 Å². The Morgan fingerprint density at radius 3 is 2.16 bits per heavy atom. The fourth-order valence-corrected chi connectivity index (χ4v) is 2.52. The Bertz CT molecular complexity index is 1060. The molecule has 3 aromatic rings. The highest BCUT2D eigenvalue weighted by Gasteiger charge is 2.33. The normalized spacial score (nSPS) is 12.2. The Hall–Kier alpha value is -3.44. The van der Waals surface area contributed by atoms with E-state index in [4.69, 9.17) is 0 Å². The van der Waals surface area contributed by atoms with Crippen molar-refractivity contribution in [2.24, 2.45) is 0 Å². The van der Waals surface area contributed by atoms with Gasteiger partial charge >= 0.3 is 12.4 Å². The quantitative estimate of drug-likeness (QED) is 0.506. The van der Waals surface area contributed by atoms with Crippen LogP contribution in [0.2, 0.25) is 0 Å². The Labute approximate surface area is 172 Å². The molecule has 6 nitrogen and oxygen atoms in total. The van der Waals surface area contributed by atoms with E-state index >= 15 is 0 Å². The molecule has 0 aliphatic rings. The third-order valence-corrected chi connectivity index (χ3v) is 3.77. The summed E-state index contributed by atoms with van der Waals surface area (Å²) in [5.41, 5.74) is -2.19. The molecule has 3 rings (SSSR count). The van der Waals surface area contributed by atoms with Crippen molar-refractivity contribution in [2.45, 2.75) is 32.2 Å². The minimum absolute atomic E-state index is 0.0270. The van der Waals surface area contributed by atoms with Crippen LogP contribution in [-0.4, -0.2) is 26.0 Å². The van der Waals surface area contributed by atoms with Crippen LogP contribution in [0.15, 0.2) is 42.6 Å². The Morgan fingerprint density at radius 2 is 1.52 bits per heavy atom. The van der Waals surface area contributed by atoms with Crippen LogP contribution in [-0.2, 0) is 12.4 Å². The van der Waals surface area contributed by atoms with Gasteiger partial charge in [-0.15, -0.1) is 0 Å². The van der Waals surface area contributed by atoms with E-state index in [-0.39, 0.29) is 35.0 Å². The van der Waals surface area contributed by atoms with Crippen LogP contribution in [0.4, 0.5) is 43.8 Å². The second-order valence-electron chi connectivity index (χ2n) is 6.72. The summed E-state index contributed by atoms with van der Waals surface area (Å²) >= 11 is 0. The number of anilines is 3. The maximum absolute atomic E-state index is 13.0. The van der Waals surface area contributed by atoms with Crippen molar-refractivity contribution >= 4 is 17.5 Å². The van der Waals surface area contributed by atoms with E-state index < -0.39 is 23.6 Å². The van der Waals surface area contributed by atoms with E-state index in [0.29, 0.717) is 0 Å². The van der Waals surface area contributed by atoms with E-state index in [1.807, 2.05) is 13.8 Å². The summed E-state index contributed by atoms with van der Waals surface area (Å²) in [7, 11) is 0. The van der Waals surface area contributed by atoms with E-state index in [1.165, 1.54) is 18.2 Å². The lowest BCUT2D eigenvalue weighted by molar-refractivity contribution is -0.141. The lowest BCUT2D eigenvalue weighted by atomic mass is 10.2. The minimum atomic E-state index is -4.66. The number of nitrogens with one attached hydrogen (secondary N) is 2. The molecule has 0 radical (unpaired) electrons. The molecule has 0 aromatic carbocycles. The molecule has 0 spiro atoms. The standard InChI is InChI=1S/C19H16F6N6/c1-10(2)27-15-9-16(29-14-8-11(6-7-26-14)18(20,21)22)31-17(30-15)12-4-3-5-13(28-12)19(23,24)25/h3-10H,1-2H3,(H2,26,27,29,30,31). The number of halogens is 6. The van der Waals surface area contributed by atoms with Crippen molar-refractivity contribution in [2.75, 3.05) is 10.6 Å². The third kappa shape index (κ3) is 5.80. The van der Waals surface area contributed by atoms with Gasteiger partial charge in [0.05, 0.1) is 5.56 Å².